The molecule has 0 aliphatic rings. The number of ether oxygens (including phenoxy) is 1. The summed E-state index contributed by atoms with van der Waals surface area (Å²) in [5.74, 6) is 0.205. The lowest BCUT2D eigenvalue weighted by Crippen LogP contribution is -2.22. The molecule has 0 unspecified atom stereocenters. The van der Waals surface area contributed by atoms with Gasteiger partial charge in [0.15, 0.2) is 5.75 Å². The molecule has 30 heavy (non-hydrogen) atoms. The van der Waals surface area contributed by atoms with Crippen LogP contribution in [0.25, 0.3) is 0 Å². The highest BCUT2D eigenvalue weighted by molar-refractivity contribution is 6.35. The third kappa shape index (κ3) is 5.37. The second-order valence-corrected chi connectivity index (χ2v) is 7.04. The molecule has 3 aromatic rings. The van der Waals surface area contributed by atoms with Crippen molar-refractivity contribution in [1.29, 1.82) is 0 Å². The number of hydrogen-bond acceptors (Lipinski definition) is 6. The predicted octanol–water partition coefficient (Wildman–Crippen LogP) is 5.45. The van der Waals surface area contributed by atoms with Crippen LogP contribution in [0.4, 0.5) is 17.1 Å². The molecule has 0 atom stereocenters. The van der Waals surface area contributed by atoms with Crippen LogP contribution in [0.1, 0.15) is 5.56 Å². The number of aromatic nitrogens is 1. The maximum Gasteiger partial charge on any atom is 0.271 e. The van der Waals surface area contributed by atoms with Crippen LogP contribution in [0.3, 0.4) is 0 Å². The Bertz CT molecular complexity index is 1110. The van der Waals surface area contributed by atoms with Crippen molar-refractivity contribution in [2.24, 2.45) is 0 Å². The lowest BCUT2D eigenvalue weighted by molar-refractivity contribution is -0.384. The molecular weight excluding hydrogens is 431 g/mol. The molecule has 154 valence electrons. The summed E-state index contributed by atoms with van der Waals surface area (Å²) in [4.78, 5) is 26.8. The highest BCUT2D eigenvalue weighted by atomic mass is 35.5. The van der Waals surface area contributed by atoms with Crippen LogP contribution in [-0.4, -0.2) is 22.4 Å². The van der Waals surface area contributed by atoms with Gasteiger partial charge >= 0.3 is 0 Å². The van der Waals surface area contributed by atoms with Gasteiger partial charge in [-0.25, -0.2) is 4.98 Å². The van der Waals surface area contributed by atoms with E-state index in [1.165, 1.54) is 24.4 Å². The molecule has 3 rings (SSSR count). The van der Waals surface area contributed by atoms with Gasteiger partial charge in [-0.05, 0) is 30.7 Å². The van der Waals surface area contributed by atoms with E-state index in [1.54, 1.807) is 37.3 Å². The van der Waals surface area contributed by atoms with Gasteiger partial charge in [-0.3, -0.25) is 14.9 Å². The van der Waals surface area contributed by atoms with Crippen molar-refractivity contribution in [1.82, 2.24) is 4.98 Å². The summed E-state index contributed by atoms with van der Waals surface area (Å²) in [7, 11) is 0. The fourth-order valence-electron chi connectivity index (χ4n) is 2.51. The van der Waals surface area contributed by atoms with Gasteiger partial charge in [0.2, 0.25) is 11.8 Å². The van der Waals surface area contributed by atoms with Crippen LogP contribution in [0.15, 0.2) is 54.7 Å². The number of nitrogens with one attached hydrogen (secondary N) is 2. The minimum absolute atomic E-state index is 0.0930. The number of aryl methyl sites for hydroxylation is 1. The van der Waals surface area contributed by atoms with Gasteiger partial charge in [-0.1, -0.05) is 41.4 Å². The van der Waals surface area contributed by atoms with E-state index in [0.717, 1.165) is 0 Å². The number of carbonyl (C=O) groups excluding carboxylic acids is 1. The number of non-ortho nitro benzene ring substituents is 1. The largest absolute Gasteiger partial charge is 0.435 e. The molecule has 1 amide bonds. The zero-order valence-electron chi connectivity index (χ0n) is 15.7. The first-order valence-electron chi connectivity index (χ1n) is 8.70. The van der Waals surface area contributed by atoms with E-state index >= 15 is 0 Å². The number of amides is 1. The van der Waals surface area contributed by atoms with Crippen LogP contribution >= 0.6 is 23.2 Å². The summed E-state index contributed by atoms with van der Waals surface area (Å²) in [6.07, 6.45) is 1.41. The van der Waals surface area contributed by atoms with Crippen molar-refractivity contribution in [2.75, 3.05) is 17.2 Å². The Balaban J connectivity index is 1.68. The fraction of sp³-hybridized carbons (Fsp3) is 0.100. The third-order valence-corrected chi connectivity index (χ3v) is 4.49. The van der Waals surface area contributed by atoms with E-state index < -0.39 is 4.92 Å². The molecule has 1 heterocycles. The van der Waals surface area contributed by atoms with Crippen molar-refractivity contribution in [3.63, 3.8) is 0 Å². The van der Waals surface area contributed by atoms with Gasteiger partial charge in [-0.2, -0.15) is 0 Å². The summed E-state index contributed by atoms with van der Waals surface area (Å²) < 4.78 is 5.74. The minimum Gasteiger partial charge on any atom is -0.435 e. The number of nitro benzene ring substituents is 1. The van der Waals surface area contributed by atoms with Gasteiger partial charge in [0.25, 0.3) is 5.69 Å². The van der Waals surface area contributed by atoms with Crippen LogP contribution < -0.4 is 15.4 Å². The second kappa shape index (κ2) is 9.43. The Morgan fingerprint density at radius 2 is 1.93 bits per heavy atom. The molecule has 2 aromatic carbocycles. The molecule has 8 nitrogen and oxygen atoms in total. The smallest absolute Gasteiger partial charge is 0.271 e. The number of benzene rings is 2. The van der Waals surface area contributed by atoms with E-state index in [0.29, 0.717) is 27.7 Å². The maximum absolute atomic E-state index is 12.3. The number of halogens is 2. The first-order chi connectivity index (χ1) is 14.3. The number of hydrogen-bond donors (Lipinski definition) is 2. The lowest BCUT2D eigenvalue weighted by atomic mass is 10.2. The molecule has 0 saturated carbocycles. The molecule has 0 bridgehead atoms. The fourth-order valence-corrected chi connectivity index (χ4v) is 2.93. The van der Waals surface area contributed by atoms with Crippen LogP contribution in [0.5, 0.6) is 11.6 Å². The number of anilines is 2. The topological polar surface area (TPSA) is 106 Å². The number of pyridine rings is 1. The Labute approximate surface area is 181 Å². The second-order valence-electron chi connectivity index (χ2n) is 6.20. The summed E-state index contributed by atoms with van der Waals surface area (Å²) in [5, 5.41) is 17.2. The van der Waals surface area contributed by atoms with Crippen LogP contribution in [-0.2, 0) is 4.79 Å². The molecule has 0 fully saturated rings. The average Bonchev–Trinajstić information content (AvgIpc) is 2.71. The monoisotopic (exact) mass is 446 g/mol. The highest BCUT2D eigenvalue weighted by Gasteiger charge is 2.13. The SMILES string of the molecule is Cc1ccc([N+](=O)[O-])cc1NC(=O)CNc1ccccc1Oc1ncc(Cl)cc1Cl. The van der Waals surface area contributed by atoms with E-state index in [4.69, 9.17) is 27.9 Å². The number of nitro groups is 1. The minimum atomic E-state index is -0.517. The molecule has 0 radical (unpaired) electrons. The summed E-state index contributed by atoms with van der Waals surface area (Å²) in [6.45, 7) is 1.66. The Hall–Kier alpha value is -3.36. The number of rotatable bonds is 7. The maximum atomic E-state index is 12.3. The predicted molar refractivity (Wildman–Crippen MR) is 116 cm³/mol. The Morgan fingerprint density at radius 3 is 2.67 bits per heavy atom. The zero-order chi connectivity index (χ0) is 21.7. The molecule has 2 N–H and O–H groups in total. The standard InChI is InChI=1S/C20H16Cl2N4O4/c1-12-6-7-14(26(28)29)9-17(12)25-19(27)11-23-16-4-2-3-5-18(16)30-20-15(22)8-13(21)10-24-20/h2-10,23H,11H2,1H3,(H,25,27). The number of para-hydroxylation sites is 2. The molecular formula is C20H16Cl2N4O4. The van der Waals surface area contributed by atoms with Gasteiger partial charge < -0.3 is 15.4 Å². The van der Waals surface area contributed by atoms with E-state index in [2.05, 4.69) is 15.6 Å². The highest BCUT2D eigenvalue weighted by Crippen LogP contribution is 2.33. The van der Waals surface area contributed by atoms with Gasteiger partial charge in [-0.15, -0.1) is 0 Å². The van der Waals surface area contributed by atoms with Crippen molar-refractivity contribution < 1.29 is 14.5 Å². The summed E-state index contributed by atoms with van der Waals surface area (Å²) >= 11 is 11.9. The van der Waals surface area contributed by atoms with Gasteiger partial charge in [0, 0.05) is 18.3 Å². The zero-order valence-corrected chi connectivity index (χ0v) is 17.2. The van der Waals surface area contributed by atoms with Gasteiger partial charge in [0.1, 0.15) is 5.02 Å². The average molecular weight is 447 g/mol. The first kappa shape index (κ1) is 21.4. The van der Waals surface area contributed by atoms with Crippen molar-refractivity contribution in [2.45, 2.75) is 6.92 Å². The molecule has 0 aliphatic heterocycles. The molecule has 0 saturated heterocycles. The van der Waals surface area contributed by atoms with Crippen molar-refractivity contribution in [3.8, 4) is 11.6 Å². The van der Waals surface area contributed by atoms with Crippen LogP contribution in [0, 0.1) is 17.0 Å². The lowest BCUT2D eigenvalue weighted by Gasteiger charge is -2.13. The number of nitrogens with zero attached hydrogens (tertiary/aromatic N) is 2. The van der Waals surface area contributed by atoms with Crippen LogP contribution in [0.2, 0.25) is 10.0 Å². The van der Waals surface area contributed by atoms with Crippen molar-refractivity contribution in [3.05, 3.63) is 80.5 Å². The first-order valence-corrected chi connectivity index (χ1v) is 9.46. The van der Waals surface area contributed by atoms with Crippen molar-refractivity contribution >= 4 is 46.2 Å². The summed E-state index contributed by atoms with van der Waals surface area (Å²) in [5.41, 5.74) is 1.52. The normalized spacial score (nSPS) is 10.4. The molecule has 1 aromatic heterocycles. The quantitative estimate of drug-likeness (QED) is 0.369. The van der Waals surface area contributed by atoms with E-state index in [1.807, 2.05) is 0 Å². The number of carbonyl (C=O) groups is 1. The molecule has 0 spiro atoms. The molecule has 0 aliphatic carbocycles. The Morgan fingerprint density at radius 1 is 1.17 bits per heavy atom. The van der Waals surface area contributed by atoms with E-state index in [-0.39, 0.29) is 29.0 Å². The Kier molecular flexibility index (Phi) is 6.71. The third-order valence-electron chi connectivity index (χ3n) is 4.01. The van der Waals surface area contributed by atoms with Gasteiger partial charge in [0.05, 0.1) is 27.9 Å². The molecule has 10 heteroatoms. The van der Waals surface area contributed by atoms with E-state index in [9.17, 15) is 14.9 Å². The summed E-state index contributed by atoms with van der Waals surface area (Å²) in [6, 6.07) is 12.7.